The molecule has 0 aromatic rings. The van der Waals surface area contributed by atoms with Gasteiger partial charge in [-0.15, -0.1) is 0 Å². The number of alkyl halides is 2. The highest BCUT2D eigenvalue weighted by molar-refractivity contribution is 5.98. The van der Waals surface area contributed by atoms with Gasteiger partial charge in [0.15, 0.2) is 0 Å². The summed E-state index contributed by atoms with van der Waals surface area (Å²) in [5.41, 5.74) is -0.236. The largest absolute Gasteiger partial charge is 0.385 e. The van der Waals surface area contributed by atoms with Crippen LogP contribution in [0.25, 0.3) is 0 Å². The average Bonchev–Trinajstić information content (AvgIpc) is 2.71. The Labute approximate surface area is 104 Å². The molecule has 2 fully saturated rings. The molecule has 1 N–H and O–H groups in total. The van der Waals surface area contributed by atoms with E-state index in [2.05, 4.69) is 0 Å². The molecule has 6 heteroatoms. The Morgan fingerprint density at radius 2 is 1.67 bits per heavy atom. The molecule has 2 amide bonds. The summed E-state index contributed by atoms with van der Waals surface area (Å²) in [5.74, 6) is -0.847. The van der Waals surface area contributed by atoms with E-state index in [1.165, 1.54) is 0 Å². The zero-order valence-corrected chi connectivity index (χ0v) is 10.1. The standard InChI is InChI=1S/C12H17F2NO3/c13-11(14)8(16)7-15-9(17)5-12(6-10(15)18)3-1-2-4-12/h8,11,16H,1-7H2. The molecule has 1 aliphatic carbocycles. The molecule has 1 saturated carbocycles. The molecule has 2 aliphatic rings. The van der Waals surface area contributed by atoms with Gasteiger partial charge >= 0.3 is 0 Å². The van der Waals surface area contributed by atoms with Crippen LogP contribution in [0.4, 0.5) is 8.78 Å². The Morgan fingerprint density at radius 3 is 2.11 bits per heavy atom. The van der Waals surface area contributed by atoms with Gasteiger partial charge in [0, 0.05) is 12.8 Å². The Bertz CT molecular complexity index is 333. The number of carbonyl (C=O) groups excluding carboxylic acids is 2. The van der Waals surface area contributed by atoms with E-state index < -0.39 is 30.9 Å². The molecule has 0 aromatic carbocycles. The van der Waals surface area contributed by atoms with Crippen LogP contribution in [0, 0.1) is 5.41 Å². The van der Waals surface area contributed by atoms with E-state index in [9.17, 15) is 18.4 Å². The number of hydrogen-bond acceptors (Lipinski definition) is 3. The fraction of sp³-hybridized carbons (Fsp3) is 0.833. The minimum atomic E-state index is -2.94. The molecule has 2 rings (SSSR count). The highest BCUT2D eigenvalue weighted by Gasteiger charge is 2.45. The van der Waals surface area contributed by atoms with Crippen molar-refractivity contribution in [1.29, 1.82) is 0 Å². The second-order valence-electron chi connectivity index (χ2n) is 5.36. The number of halogens is 2. The van der Waals surface area contributed by atoms with E-state index in [0.29, 0.717) is 0 Å². The van der Waals surface area contributed by atoms with E-state index in [1.54, 1.807) is 0 Å². The number of aliphatic hydroxyl groups excluding tert-OH is 1. The summed E-state index contributed by atoms with van der Waals surface area (Å²) >= 11 is 0. The minimum Gasteiger partial charge on any atom is -0.385 e. The molecule has 0 aromatic heterocycles. The van der Waals surface area contributed by atoms with Gasteiger partial charge in [-0.25, -0.2) is 8.78 Å². The molecule has 18 heavy (non-hydrogen) atoms. The number of hydrogen-bond donors (Lipinski definition) is 1. The first-order chi connectivity index (χ1) is 8.43. The van der Waals surface area contributed by atoms with Crippen molar-refractivity contribution in [2.45, 2.75) is 51.1 Å². The predicted octanol–water partition coefficient (Wildman–Crippen LogP) is 1.32. The lowest BCUT2D eigenvalue weighted by molar-refractivity contribution is -0.156. The lowest BCUT2D eigenvalue weighted by atomic mass is 9.76. The van der Waals surface area contributed by atoms with Crippen LogP contribution in [-0.2, 0) is 9.59 Å². The SMILES string of the molecule is O=C1CC2(CCCC2)CC(=O)N1CC(O)C(F)F. The summed E-state index contributed by atoms with van der Waals surface area (Å²) in [4.78, 5) is 24.5. The number of nitrogens with zero attached hydrogens (tertiary/aromatic N) is 1. The van der Waals surface area contributed by atoms with Crippen molar-refractivity contribution in [2.75, 3.05) is 6.54 Å². The van der Waals surface area contributed by atoms with Crippen LogP contribution >= 0.6 is 0 Å². The zero-order valence-electron chi connectivity index (χ0n) is 10.1. The van der Waals surface area contributed by atoms with Gasteiger partial charge in [-0.3, -0.25) is 14.5 Å². The summed E-state index contributed by atoms with van der Waals surface area (Å²) < 4.78 is 24.5. The maximum absolute atomic E-state index is 12.2. The second-order valence-corrected chi connectivity index (χ2v) is 5.36. The summed E-state index contributed by atoms with van der Waals surface area (Å²) in [6.45, 7) is -0.592. The number of likely N-dealkylation sites (tertiary alicyclic amines) is 1. The van der Waals surface area contributed by atoms with E-state index >= 15 is 0 Å². The van der Waals surface area contributed by atoms with Crippen LogP contribution in [0.2, 0.25) is 0 Å². The third-order valence-corrected chi connectivity index (χ3v) is 3.98. The highest BCUT2D eigenvalue weighted by atomic mass is 19.3. The van der Waals surface area contributed by atoms with Crippen LogP contribution in [0.5, 0.6) is 0 Å². The lowest BCUT2D eigenvalue weighted by Gasteiger charge is -2.37. The fourth-order valence-corrected chi connectivity index (χ4v) is 2.98. The molecule has 4 nitrogen and oxygen atoms in total. The van der Waals surface area contributed by atoms with Crippen molar-refractivity contribution in [3.63, 3.8) is 0 Å². The average molecular weight is 261 g/mol. The summed E-state index contributed by atoms with van der Waals surface area (Å²) in [7, 11) is 0. The van der Waals surface area contributed by atoms with Gasteiger partial charge in [0.2, 0.25) is 11.8 Å². The summed E-state index contributed by atoms with van der Waals surface area (Å²) in [6.07, 6.45) is -0.654. The van der Waals surface area contributed by atoms with Gasteiger partial charge in [-0.2, -0.15) is 0 Å². The number of aliphatic hydroxyl groups is 1. The quantitative estimate of drug-likeness (QED) is 0.779. The molecule has 0 bridgehead atoms. The van der Waals surface area contributed by atoms with Crippen molar-refractivity contribution >= 4 is 11.8 Å². The zero-order chi connectivity index (χ0) is 13.3. The molecule has 1 unspecified atom stereocenters. The number of rotatable bonds is 3. The van der Waals surface area contributed by atoms with Crippen molar-refractivity contribution in [2.24, 2.45) is 5.41 Å². The smallest absolute Gasteiger partial charge is 0.265 e. The molecule has 1 aliphatic heterocycles. The molecule has 1 saturated heterocycles. The van der Waals surface area contributed by atoms with Crippen molar-refractivity contribution in [3.05, 3.63) is 0 Å². The van der Waals surface area contributed by atoms with Crippen LogP contribution in [0.1, 0.15) is 38.5 Å². The predicted molar refractivity (Wildman–Crippen MR) is 58.9 cm³/mol. The van der Waals surface area contributed by atoms with Gasteiger partial charge in [-0.1, -0.05) is 12.8 Å². The first kappa shape index (κ1) is 13.4. The van der Waals surface area contributed by atoms with Crippen LogP contribution in [0.3, 0.4) is 0 Å². The number of piperidine rings is 1. The molecule has 102 valence electrons. The molecule has 0 radical (unpaired) electrons. The molecule has 1 spiro atoms. The molecular weight excluding hydrogens is 244 g/mol. The van der Waals surface area contributed by atoms with Gasteiger partial charge in [0.25, 0.3) is 6.43 Å². The van der Waals surface area contributed by atoms with E-state index in [-0.39, 0.29) is 18.3 Å². The van der Waals surface area contributed by atoms with Crippen molar-refractivity contribution < 1.29 is 23.5 Å². The number of amides is 2. The fourth-order valence-electron chi connectivity index (χ4n) is 2.98. The van der Waals surface area contributed by atoms with Crippen molar-refractivity contribution in [3.8, 4) is 0 Å². The van der Waals surface area contributed by atoms with E-state index in [1.807, 2.05) is 0 Å². The minimum absolute atomic E-state index is 0.236. The molecule has 1 atom stereocenters. The van der Waals surface area contributed by atoms with Gasteiger partial charge in [-0.05, 0) is 18.3 Å². The Morgan fingerprint density at radius 1 is 1.17 bits per heavy atom. The Kier molecular flexibility index (Phi) is 3.66. The maximum Gasteiger partial charge on any atom is 0.265 e. The topological polar surface area (TPSA) is 57.6 Å². The van der Waals surface area contributed by atoms with Crippen LogP contribution in [0.15, 0.2) is 0 Å². The Hall–Kier alpha value is -1.04. The first-order valence-corrected chi connectivity index (χ1v) is 6.23. The third-order valence-electron chi connectivity index (χ3n) is 3.98. The molecular formula is C12H17F2NO3. The third kappa shape index (κ3) is 2.53. The summed E-state index contributed by atoms with van der Waals surface area (Å²) in [5, 5.41) is 9.07. The first-order valence-electron chi connectivity index (χ1n) is 6.23. The number of imide groups is 1. The van der Waals surface area contributed by atoms with Crippen LogP contribution in [-0.4, -0.2) is 40.9 Å². The van der Waals surface area contributed by atoms with Crippen molar-refractivity contribution in [1.82, 2.24) is 4.90 Å². The van der Waals surface area contributed by atoms with Crippen LogP contribution < -0.4 is 0 Å². The monoisotopic (exact) mass is 261 g/mol. The Balaban J connectivity index is 2.03. The number of carbonyl (C=O) groups is 2. The number of β-amino-alcohol motifs (C(OH)–C–C–N with tert-alkyl or cyclic N) is 1. The second kappa shape index (κ2) is 4.91. The van der Waals surface area contributed by atoms with E-state index in [0.717, 1.165) is 30.6 Å². The molecule has 1 heterocycles. The van der Waals surface area contributed by atoms with Gasteiger partial charge in [0.1, 0.15) is 6.10 Å². The highest BCUT2D eigenvalue weighted by Crippen LogP contribution is 2.46. The van der Waals surface area contributed by atoms with Gasteiger partial charge < -0.3 is 5.11 Å². The lowest BCUT2D eigenvalue weighted by Crippen LogP contribution is -2.50. The summed E-state index contributed by atoms with van der Waals surface area (Å²) in [6, 6.07) is 0. The normalized spacial score (nSPS) is 25.2. The van der Waals surface area contributed by atoms with E-state index in [4.69, 9.17) is 5.11 Å². The maximum atomic E-state index is 12.2. The van der Waals surface area contributed by atoms with Gasteiger partial charge in [0.05, 0.1) is 6.54 Å².